The number of piperidine rings is 2. The van der Waals surface area contributed by atoms with Crippen molar-refractivity contribution in [3.05, 3.63) is 132 Å². The van der Waals surface area contributed by atoms with Crippen LogP contribution in [0.25, 0.3) is 75.1 Å². The molecule has 3 aliphatic rings. The summed E-state index contributed by atoms with van der Waals surface area (Å²) in [6, 6.07) is 47.4. The van der Waals surface area contributed by atoms with Crippen LogP contribution in [0, 0.1) is 0 Å². The molecule has 2 aliphatic heterocycles. The third-order valence-corrected chi connectivity index (χ3v) is 14.2. The minimum absolute atomic E-state index is 0.0629. The minimum atomic E-state index is -0.0629. The van der Waals surface area contributed by atoms with Gasteiger partial charge in [-0.15, -0.1) is 11.3 Å². The zero-order valence-corrected chi connectivity index (χ0v) is 32.2. The number of hydrogen-bond donors (Lipinski definition) is 0. The van der Waals surface area contributed by atoms with E-state index >= 15 is 0 Å². The maximum absolute atomic E-state index is 2.63. The molecule has 0 unspecified atom stereocenters. The molecule has 0 spiro atoms. The molecular formula is C51H46N2S. The van der Waals surface area contributed by atoms with E-state index in [9.17, 15) is 0 Å². The van der Waals surface area contributed by atoms with Crippen molar-refractivity contribution < 1.29 is 0 Å². The maximum Gasteiger partial charge on any atom is 0.0372 e. The first-order valence-corrected chi connectivity index (χ1v) is 21.0. The van der Waals surface area contributed by atoms with Gasteiger partial charge in [0, 0.05) is 63.1 Å². The van der Waals surface area contributed by atoms with Gasteiger partial charge in [0.25, 0.3) is 0 Å². The average Bonchev–Trinajstić information content (AvgIpc) is 3.71. The Morgan fingerprint density at radius 1 is 0.426 bits per heavy atom. The quantitative estimate of drug-likeness (QED) is 0.167. The van der Waals surface area contributed by atoms with Crippen LogP contribution in [0.5, 0.6) is 0 Å². The van der Waals surface area contributed by atoms with E-state index in [0.717, 1.165) is 26.2 Å². The SMILES string of the molecule is CC1(C)c2ccccc2-c2ccc(-c3c4ccc(N5CCCCC5)cc4c(-c4ccc5sc6ccccc6c5c4)c4ccc(N5CCCCC5)cc34)cc21. The second kappa shape index (κ2) is 12.5. The smallest absolute Gasteiger partial charge is 0.0372 e. The fraction of sp³-hybridized carbons (Fsp3) is 0.255. The Bertz CT molecular complexity index is 2770. The number of rotatable bonds is 4. The van der Waals surface area contributed by atoms with Crippen LogP contribution in [0.1, 0.15) is 63.5 Å². The molecular weight excluding hydrogens is 673 g/mol. The van der Waals surface area contributed by atoms with Crippen LogP contribution in [0.2, 0.25) is 0 Å². The normalized spacial score (nSPS) is 16.8. The number of benzene rings is 7. The van der Waals surface area contributed by atoms with Gasteiger partial charge >= 0.3 is 0 Å². The number of nitrogens with zero attached hydrogens (tertiary/aromatic N) is 2. The van der Waals surface area contributed by atoms with Gasteiger partial charge in [0.2, 0.25) is 0 Å². The van der Waals surface area contributed by atoms with Gasteiger partial charge in [-0.05, 0) is 153 Å². The Morgan fingerprint density at radius 3 is 1.67 bits per heavy atom. The highest BCUT2D eigenvalue weighted by Crippen LogP contribution is 2.52. The molecule has 1 aliphatic carbocycles. The lowest BCUT2D eigenvalue weighted by molar-refractivity contribution is 0.578. The summed E-state index contributed by atoms with van der Waals surface area (Å²) in [5.41, 5.74) is 13.6. The lowest BCUT2D eigenvalue weighted by Crippen LogP contribution is -2.29. The molecule has 2 fully saturated rings. The summed E-state index contributed by atoms with van der Waals surface area (Å²) in [4.78, 5) is 5.25. The fourth-order valence-corrected chi connectivity index (χ4v) is 11.4. The maximum atomic E-state index is 2.63. The van der Waals surface area contributed by atoms with Crippen molar-refractivity contribution in [1.82, 2.24) is 0 Å². The molecule has 0 N–H and O–H groups in total. The van der Waals surface area contributed by atoms with Gasteiger partial charge < -0.3 is 9.80 Å². The van der Waals surface area contributed by atoms with E-state index in [2.05, 4.69) is 145 Å². The number of fused-ring (bicyclic) bond motifs is 8. The van der Waals surface area contributed by atoms with Crippen molar-refractivity contribution >= 4 is 64.4 Å². The third-order valence-electron chi connectivity index (χ3n) is 13.1. The predicted octanol–water partition coefficient (Wildman–Crippen LogP) is 14.0. The Balaban J connectivity index is 1.23. The molecule has 11 rings (SSSR count). The van der Waals surface area contributed by atoms with E-state index in [-0.39, 0.29) is 5.41 Å². The molecule has 0 saturated carbocycles. The summed E-state index contributed by atoms with van der Waals surface area (Å²) in [5, 5.41) is 8.11. The molecule has 3 heterocycles. The third kappa shape index (κ3) is 4.97. The van der Waals surface area contributed by atoms with Gasteiger partial charge in [0.15, 0.2) is 0 Å². The summed E-state index contributed by atoms with van der Waals surface area (Å²) >= 11 is 1.90. The standard InChI is InChI=1S/C51H46N2S/c1-51(2)45-15-7-5-13-37(45)38-21-17-34(30-46(38)51)50-41-23-20-35(52-25-9-3-10-26-52)31-43(41)49(40-22-19-36(32-44(40)50)53-27-11-4-12-28-53)33-18-24-48-42(29-33)39-14-6-8-16-47(39)54-48/h5-8,13-24,29-32H,3-4,9-12,25-28H2,1-2H3. The Kier molecular flexibility index (Phi) is 7.46. The van der Waals surface area contributed by atoms with Crippen LogP contribution >= 0.6 is 11.3 Å². The molecule has 54 heavy (non-hydrogen) atoms. The molecule has 0 atom stereocenters. The Labute approximate surface area is 322 Å². The highest BCUT2D eigenvalue weighted by Gasteiger charge is 2.35. The summed E-state index contributed by atoms with van der Waals surface area (Å²) < 4.78 is 2.71. The molecule has 2 nitrogen and oxygen atoms in total. The summed E-state index contributed by atoms with van der Waals surface area (Å²) in [7, 11) is 0. The second-order valence-electron chi connectivity index (χ2n) is 16.5. The van der Waals surface area contributed by atoms with Gasteiger partial charge in [0.1, 0.15) is 0 Å². The zero-order valence-electron chi connectivity index (χ0n) is 31.4. The molecule has 1 aromatic heterocycles. The van der Waals surface area contributed by atoms with E-state index in [0.29, 0.717) is 0 Å². The number of hydrogen-bond acceptors (Lipinski definition) is 3. The molecule has 0 amide bonds. The number of anilines is 2. The lowest BCUT2D eigenvalue weighted by atomic mass is 9.80. The van der Waals surface area contributed by atoms with Crippen LogP contribution < -0.4 is 9.80 Å². The predicted molar refractivity (Wildman–Crippen MR) is 235 cm³/mol. The van der Waals surface area contributed by atoms with E-state index in [4.69, 9.17) is 0 Å². The molecule has 3 heteroatoms. The van der Waals surface area contributed by atoms with Gasteiger partial charge in [-0.1, -0.05) is 86.6 Å². The first kappa shape index (κ1) is 32.3. The van der Waals surface area contributed by atoms with Crippen LogP contribution in [0.4, 0.5) is 11.4 Å². The second-order valence-corrected chi connectivity index (χ2v) is 17.6. The lowest BCUT2D eigenvalue weighted by Gasteiger charge is -2.30. The molecule has 0 bridgehead atoms. The van der Waals surface area contributed by atoms with Crippen LogP contribution in [0.15, 0.2) is 121 Å². The average molecular weight is 719 g/mol. The van der Waals surface area contributed by atoms with Crippen molar-refractivity contribution in [2.75, 3.05) is 36.0 Å². The largest absolute Gasteiger partial charge is 0.372 e. The van der Waals surface area contributed by atoms with Gasteiger partial charge in [-0.25, -0.2) is 0 Å². The minimum Gasteiger partial charge on any atom is -0.372 e. The number of thiophene rings is 1. The Morgan fingerprint density at radius 2 is 0.981 bits per heavy atom. The monoisotopic (exact) mass is 718 g/mol. The van der Waals surface area contributed by atoms with E-state index in [1.165, 1.54) is 136 Å². The Hall–Kier alpha value is -5.12. The summed E-state index contributed by atoms with van der Waals surface area (Å²) in [5.74, 6) is 0. The van der Waals surface area contributed by atoms with E-state index in [1.54, 1.807) is 0 Å². The highest BCUT2D eigenvalue weighted by atomic mass is 32.1. The van der Waals surface area contributed by atoms with Crippen molar-refractivity contribution in [3.8, 4) is 33.4 Å². The van der Waals surface area contributed by atoms with Crippen LogP contribution in [0.3, 0.4) is 0 Å². The van der Waals surface area contributed by atoms with Crippen molar-refractivity contribution in [3.63, 3.8) is 0 Å². The molecule has 7 aromatic carbocycles. The van der Waals surface area contributed by atoms with Gasteiger partial charge in [-0.3, -0.25) is 0 Å². The molecule has 266 valence electrons. The van der Waals surface area contributed by atoms with Gasteiger partial charge in [-0.2, -0.15) is 0 Å². The summed E-state index contributed by atoms with van der Waals surface area (Å²) in [6.07, 6.45) is 7.72. The van der Waals surface area contributed by atoms with Crippen LogP contribution in [-0.2, 0) is 5.41 Å². The van der Waals surface area contributed by atoms with Gasteiger partial charge in [0.05, 0.1) is 0 Å². The van der Waals surface area contributed by atoms with E-state index < -0.39 is 0 Å². The van der Waals surface area contributed by atoms with Crippen molar-refractivity contribution in [2.24, 2.45) is 0 Å². The first-order valence-electron chi connectivity index (χ1n) is 20.2. The van der Waals surface area contributed by atoms with Crippen molar-refractivity contribution in [1.29, 1.82) is 0 Å². The molecule has 0 radical (unpaired) electrons. The zero-order chi connectivity index (χ0) is 36.0. The fourth-order valence-electron chi connectivity index (χ4n) is 10.3. The topological polar surface area (TPSA) is 6.48 Å². The van der Waals surface area contributed by atoms with Crippen molar-refractivity contribution in [2.45, 2.75) is 57.8 Å². The highest BCUT2D eigenvalue weighted by molar-refractivity contribution is 7.25. The van der Waals surface area contributed by atoms with Crippen LogP contribution in [-0.4, -0.2) is 26.2 Å². The summed E-state index contributed by atoms with van der Waals surface area (Å²) in [6.45, 7) is 9.34. The molecule has 2 saturated heterocycles. The first-order chi connectivity index (χ1) is 26.5. The van der Waals surface area contributed by atoms with E-state index in [1.807, 2.05) is 11.3 Å². The molecule has 8 aromatic rings.